The number of thiophene rings is 1. The largest absolute Gasteiger partial charge is 0.333 e. The second-order valence-corrected chi connectivity index (χ2v) is 5.86. The lowest BCUT2D eigenvalue weighted by molar-refractivity contribution is 0.102. The highest BCUT2D eigenvalue weighted by molar-refractivity contribution is 7.14. The van der Waals surface area contributed by atoms with Gasteiger partial charge in [-0.2, -0.15) is 4.98 Å². The highest BCUT2D eigenvalue weighted by Gasteiger charge is 2.29. The van der Waals surface area contributed by atoms with Crippen LogP contribution in [0.15, 0.2) is 34.6 Å². The van der Waals surface area contributed by atoms with E-state index in [4.69, 9.17) is 4.52 Å². The molecule has 7 nitrogen and oxygen atoms in total. The van der Waals surface area contributed by atoms with Crippen LogP contribution < -0.4 is 5.32 Å². The molecule has 0 unspecified atom stereocenters. The van der Waals surface area contributed by atoms with Gasteiger partial charge in [-0.3, -0.25) is 9.78 Å². The molecule has 110 valence electrons. The highest BCUT2D eigenvalue weighted by atomic mass is 32.1. The highest BCUT2D eigenvalue weighted by Crippen LogP contribution is 2.40. The Morgan fingerprint density at radius 2 is 2.27 bits per heavy atom. The maximum Gasteiger partial charge on any atom is 0.275 e. The Kier molecular flexibility index (Phi) is 3.15. The third-order valence-corrected chi connectivity index (χ3v) is 4.19. The Hall–Kier alpha value is -2.61. The molecule has 1 fully saturated rings. The van der Waals surface area contributed by atoms with E-state index in [0.717, 1.165) is 23.5 Å². The summed E-state index contributed by atoms with van der Waals surface area (Å²) in [4.78, 5) is 25.2. The summed E-state index contributed by atoms with van der Waals surface area (Å²) in [7, 11) is 0. The van der Waals surface area contributed by atoms with Crippen molar-refractivity contribution in [3.8, 4) is 10.8 Å². The zero-order valence-electron chi connectivity index (χ0n) is 11.4. The number of carbonyl (C=O) groups is 1. The summed E-state index contributed by atoms with van der Waals surface area (Å²) in [6.07, 6.45) is 6.63. The second-order valence-electron chi connectivity index (χ2n) is 4.94. The van der Waals surface area contributed by atoms with Gasteiger partial charge in [-0.05, 0) is 24.3 Å². The van der Waals surface area contributed by atoms with E-state index in [0.29, 0.717) is 17.5 Å². The number of carbonyl (C=O) groups excluding carboxylic acids is 1. The summed E-state index contributed by atoms with van der Waals surface area (Å²) in [6.45, 7) is 0. The predicted octanol–water partition coefficient (Wildman–Crippen LogP) is 2.72. The normalized spacial score (nSPS) is 14.0. The molecule has 8 heteroatoms. The van der Waals surface area contributed by atoms with Gasteiger partial charge in [-0.1, -0.05) is 5.16 Å². The molecule has 3 heterocycles. The van der Waals surface area contributed by atoms with E-state index in [-0.39, 0.29) is 11.6 Å². The van der Waals surface area contributed by atoms with E-state index < -0.39 is 0 Å². The van der Waals surface area contributed by atoms with Gasteiger partial charge < -0.3 is 9.84 Å². The van der Waals surface area contributed by atoms with Crippen molar-refractivity contribution in [3.05, 3.63) is 41.6 Å². The first-order valence-corrected chi connectivity index (χ1v) is 7.68. The Labute approximate surface area is 129 Å². The van der Waals surface area contributed by atoms with Crippen LogP contribution in [0.1, 0.15) is 35.1 Å². The topological polar surface area (TPSA) is 93.8 Å². The monoisotopic (exact) mass is 313 g/mol. The van der Waals surface area contributed by atoms with E-state index in [1.54, 1.807) is 6.07 Å². The lowest BCUT2D eigenvalue weighted by Gasteiger charge is -2.03. The van der Waals surface area contributed by atoms with Gasteiger partial charge >= 0.3 is 0 Å². The van der Waals surface area contributed by atoms with E-state index >= 15 is 0 Å². The summed E-state index contributed by atoms with van der Waals surface area (Å²) in [5.74, 6) is 1.28. The van der Waals surface area contributed by atoms with Crippen LogP contribution in [0.25, 0.3) is 10.8 Å². The van der Waals surface area contributed by atoms with Crippen LogP contribution in [-0.4, -0.2) is 26.0 Å². The first kappa shape index (κ1) is 13.1. The first-order valence-electron chi connectivity index (χ1n) is 6.80. The van der Waals surface area contributed by atoms with E-state index in [2.05, 4.69) is 25.4 Å². The van der Waals surface area contributed by atoms with Crippen molar-refractivity contribution in [2.24, 2.45) is 0 Å². The number of rotatable bonds is 4. The molecule has 3 aromatic heterocycles. The number of hydrogen-bond acceptors (Lipinski definition) is 7. The van der Waals surface area contributed by atoms with Crippen molar-refractivity contribution in [2.45, 2.75) is 18.8 Å². The molecule has 1 aliphatic carbocycles. The summed E-state index contributed by atoms with van der Waals surface area (Å²) < 4.78 is 5.31. The number of nitrogens with zero attached hydrogens (tertiary/aromatic N) is 4. The van der Waals surface area contributed by atoms with Gasteiger partial charge in [0, 0.05) is 18.3 Å². The van der Waals surface area contributed by atoms with Gasteiger partial charge in [0.05, 0.1) is 11.9 Å². The minimum Gasteiger partial charge on any atom is -0.333 e. The summed E-state index contributed by atoms with van der Waals surface area (Å²) in [6, 6.07) is 1.80. The van der Waals surface area contributed by atoms with Gasteiger partial charge in [0.1, 0.15) is 10.6 Å². The fourth-order valence-electron chi connectivity index (χ4n) is 2.01. The van der Waals surface area contributed by atoms with Gasteiger partial charge in [-0.25, -0.2) is 4.98 Å². The smallest absolute Gasteiger partial charge is 0.275 e. The molecule has 0 saturated heterocycles. The molecule has 0 radical (unpaired) electrons. The molecule has 1 N–H and O–H groups in total. The molecule has 0 spiro atoms. The first-order chi connectivity index (χ1) is 10.8. The number of nitrogens with one attached hydrogen (secondary N) is 1. The lowest BCUT2D eigenvalue weighted by atomic mass is 10.3. The minimum absolute atomic E-state index is 0.254. The molecular weight excluding hydrogens is 302 g/mol. The van der Waals surface area contributed by atoms with Crippen LogP contribution >= 0.6 is 11.3 Å². The standard InChI is InChI=1S/C14H11N5O2S/c20-13(10-7-15-4-5-16-10)17-9-3-6-22-11(9)14-18-12(19-21-14)8-1-2-8/h3-8H,1-2H2,(H,17,20). The SMILES string of the molecule is O=C(Nc1ccsc1-c1nc(C2CC2)no1)c1cnccn1. The Balaban J connectivity index is 1.58. The van der Waals surface area contributed by atoms with Crippen molar-refractivity contribution >= 4 is 22.9 Å². The van der Waals surface area contributed by atoms with Gasteiger partial charge in [-0.15, -0.1) is 11.3 Å². The van der Waals surface area contributed by atoms with E-state index in [1.807, 2.05) is 5.38 Å². The molecule has 3 aromatic rings. The maximum atomic E-state index is 12.1. The molecule has 0 aliphatic heterocycles. The summed E-state index contributed by atoms with van der Waals surface area (Å²) in [5, 5.41) is 8.66. The number of aromatic nitrogens is 4. The zero-order valence-corrected chi connectivity index (χ0v) is 12.2. The molecule has 1 amide bonds. The quantitative estimate of drug-likeness (QED) is 0.796. The molecule has 4 rings (SSSR count). The fraction of sp³-hybridized carbons (Fsp3) is 0.214. The average Bonchev–Trinajstić information content (AvgIpc) is 3.10. The molecule has 0 aromatic carbocycles. The maximum absolute atomic E-state index is 12.1. The number of hydrogen-bond donors (Lipinski definition) is 1. The molecule has 0 bridgehead atoms. The summed E-state index contributed by atoms with van der Waals surface area (Å²) >= 11 is 1.44. The van der Waals surface area contributed by atoms with Gasteiger partial charge in [0.2, 0.25) is 0 Å². The second kappa shape index (κ2) is 5.30. The Bertz CT molecular complexity index is 810. The average molecular weight is 313 g/mol. The van der Waals surface area contributed by atoms with Crippen LogP contribution in [0.5, 0.6) is 0 Å². The van der Waals surface area contributed by atoms with Crippen LogP contribution in [0.2, 0.25) is 0 Å². The molecule has 1 saturated carbocycles. The van der Waals surface area contributed by atoms with Crippen LogP contribution in [-0.2, 0) is 0 Å². The third-order valence-electron chi connectivity index (χ3n) is 3.29. The third kappa shape index (κ3) is 2.48. The molecule has 0 atom stereocenters. The van der Waals surface area contributed by atoms with Crippen LogP contribution in [0.4, 0.5) is 5.69 Å². The zero-order chi connectivity index (χ0) is 14.9. The Morgan fingerprint density at radius 1 is 1.36 bits per heavy atom. The molecule has 1 aliphatic rings. The van der Waals surface area contributed by atoms with Gasteiger partial charge in [0.25, 0.3) is 11.8 Å². The van der Waals surface area contributed by atoms with Crippen molar-refractivity contribution in [1.82, 2.24) is 20.1 Å². The predicted molar refractivity (Wildman–Crippen MR) is 79.6 cm³/mol. The Morgan fingerprint density at radius 3 is 3.05 bits per heavy atom. The summed E-state index contributed by atoms with van der Waals surface area (Å²) in [5.41, 5.74) is 0.885. The lowest BCUT2D eigenvalue weighted by Crippen LogP contribution is -2.13. The van der Waals surface area contributed by atoms with Crippen molar-refractivity contribution in [3.63, 3.8) is 0 Å². The van der Waals surface area contributed by atoms with E-state index in [1.165, 1.54) is 29.9 Å². The molecular formula is C14H11N5O2S. The van der Waals surface area contributed by atoms with Crippen molar-refractivity contribution < 1.29 is 9.32 Å². The van der Waals surface area contributed by atoms with Crippen LogP contribution in [0.3, 0.4) is 0 Å². The minimum atomic E-state index is -0.324. The van der Waals surface area contributed by atoms with Crippen molar-refractivity contribution in [1.29, 1.82) is 0 Å². The number of anilines is 1. The van der Waals surface area contributed by atoms with Gasteiger partial charge in [0.15, 0.2) is 5.82 Å². The van der Waals surface area contributed by atoms with Crippen molar-refractivity contribution in [2.75, 3.05) is 5.32 Å². The van der Waals surface area contributed by atoms with E-state index in [9.17, 15) is 4.79 Å². The molecule has 22 heavy (non-hydrogen) atoms. The number of amides is 1. The van der Waals surface area contributed by atoms with Crippen LogP contribution in [0, 0.1) is 0 Å². The fourth-order valence-corrected chi connectivity index (χ4v) is 2.78.